The number of fused-ring (bicyclic) bond motifs is 1. The number of hydrogen-bond donors (Lipinski definition) is 1. The van der Waals surface area contributed by atoms with Crippen LogP contribution in [0.4, 0.5) is 0 Å². The Morgan fingerprint density at radius 2 is 1.75 bits per heavy atom. The SMILES string of the molecule is COc1ccccc1CNC(=O)CN1CCc2ccccc2[C@H]1C(=O)N1CCC(C)CC1. The number of methoxy groups -OCH3 is 1. The predicted octanol–water partition coefficient (Wildman–Crippen LogP) is 3.17. The lowest BCUT2D eigenvalue weighted by Gasteiger charge is -2.40. The van der Waals surface area contributed by atoms with Gasteiger partial charge in [0.05, 0.1) is 13.7 Å². The Hall–Kier alpha value is -2.86. The minimum absolute atomic E-state index is 0.0830. The van der Waals surface area contributed by atoms with Gasteiger partial charge in [0, 0.05) is 31.7 Å². The van der Waals surface area contributed by atoms with Crippen LogP contribution in [0.1, 0.15) is 42.5 Å². The van der Waals surface area contributed by atoms with E-state index >= 15 is 0 Å². The van der Waals surface area contributed by atoms with Crippen molar-refractivity contribution in [3.05, 3.63) is 65.2 Å². The molecular weight excluding hydrogens is 402 g/mol. The van der Waals surface area contributed by atoms with Crippen molar-refractivity contribution < 1.29 is 14.3 Å². The van der Waals surface area contributed by atoms with Crippen molar-refractivity contribution in [1.29, 1.82) is 0 Å². The summed E-state index contributed by atoms with van der Waals surface area (Å²) < 4.78 is 5.38. The van der Waals surface area contributed by atoms with E-state index in [-0.39, 0.29) is 18.4 Å². The van der Waals surface area contributed by atoms with Crippen molar-refractivity contribution in [2.24, 2.45) is 5.92 Å². The number of nitrogens with zero attached hydrogens (tertiary/aromatic N) is 2. The smallest absolute Gasteiger partial charge is 0.244 e. The summed E-state index contributed by atoms with van der Waals surface area (Å²) in [5.41, 5.74) is 3.18. The number of carbonyl (C=O) groups excluding carboxylic acids is 2. The second kappa shape index (κ2) is 10.2. The number of likely N-dealkylation sites (tertiary alicyclic amines) is 1. The topological polar surface area (TPSA) is 61.9 Å². The van der Waals surface area contributed by atoms with Crippen LogP contribution in [0.5, 0.6) is 5.75 Å². The van der Waals surface area contributed by atoms with Gasteiger partial charge in [-0.25, -0.2) is 0 Å². The highest BCUT2D eigenvalue weighted by Crippen LogP contribution is 2.32. The average molecular weight is 436 g/mol. The standard InChI is InChI=1S/C26H33N3O3/c1-19-11-14-28(15-12-19)26(31)25-22-9-5-3-7-20(22)13-16-29(25)18-24(30)27-17-21-8-4-6-10-23(21)32-2/h3-10,19,25H,11-18H2,1-2H3,(H,27,30)/t25-/m0/s1. The molecule has 32 heavy (non-hydrogen) atoms. The fraction of sp³-hybridized carbons (Fsp3) is 0.462. The summed E-state index contributed by atoms with van der Waals surface area (Å²) in [5, 5.41) is 3.00. The first-order valence-corrected chi connectivity index (χ1v) is 11.6. The highest BCUT2D eigenvalue weighted by Gasteiger charge is 2.37. The molecule has 2 amide bonds. The number of nitrogens with one attached hydrogen (secondary N) is 1. The lowest BCUT2D eigenvalue weighted by atomic mass is 9.90. The van der Waals surface area contributed by atoms with Gasteiger partial charge >= 0.3 is 0 Å². The van der Waals surface area contributed by atoms with Crippen LogP contribution in [-0.2, 0) is 22.6 Å². The normalized spacial score (nSPS) is 19.3. The zero-order valence-corrected chi connectivity index (χ0v) is 19.0. The molecule has 0 spiro atoms. The Labute approximate surface area is 190 Å². The maximum Gasteiger partial charge on any atom is 0.244 e. The van der Waals surface area contributed by atoms with E-state index in [0.29, 0.717) is 19.0 Å². The van der Waals surface area contributed by atoms with E-state index in [1.807, 2.05) is 52.3 Å². The molecule has 170 valence electrons. The molecule has 0 aliphatic carbocycles. The summed E-state index contributed by atoms with van der Waals surface area (Å²) in [4.78, 5) is 30.5. The van der Waals surface area contributed by atoms with Crippen molar-refractivity contribution in [2.75, 3.05) is 33.3 Å². The first-order chi connectivity index (χ1) is 15.6. The molecule has 1 saturated heterocycles. The Kier molecular flexibility index (Phi) is 7.10. The summed E-state index contributed by atoms with van der Waals surface area (Å²) in [7, 11) is 1.63. The molecule has 0 radical (unpaired) electrons. The average Bonchev–Trinajstić information content (AvgIpc) is 2.83. The molecule has 2 heterocycles. The molecule has 0 aromatic heterocycles. The molecule has 0 bridgehead atoms. The van der Waals surface area contributed by atoms with Crippen molar-refractivity contribution >= 4 is 11.8 Å². The summed E-state index contributed by atoms with van der Waals surface area (Å²) in [6.07, 6.45) is 2.93. The van der Waals surface area contributed by atoms with Gasteiger partial charge in [0.25, 0.3) is 0 Å². The number of piperidine rings is 1. The van der Waals surface area contributed by atoms with Gasteiger partial charge in [0.2, 0.25) is 11.8 Å². The van der Waals surface area contributed by atoms with Crippen LogP contribution in [0.2, 0.25) is 0 Å². The van der Waals surface area contributed by atoms with E-state index < -0.39 is 6.04 Å². The third-order valence-electron chi connectivity index (χ3n) is 6.73. The third kappa shape index (κ3) is 4.96. The van der Waals surface area contributed by atoms with Gasteiger partial charge in [-0.05, 0) is 42.4 Å². The summed E-state index contributed by atoms with van der Waals surface area (Å²) in [6.45, 7) is 5.13. The van der Waals surface area contributed by atoms with Gasteiger partial charge in [0.15, 0.2) is 0 Å². The molecule has 6 heteroatoms. The summed E-state index contributed by atoms with van der Waals surface area (Å²) in [6, 6.07) is 15.4. The van der Waals surface area contributed by atoms with Crippen molar-refractivity contribution in [3.8, 4) is 5.75 Å². The Balaban J connectivity index is 1.47. The van der Waals surface area contributed by atoms with Crippen molar-refractivity contribution in [1.82, 2.24) is 15.1 Å². The predicted molar refractivity (Wildman–Crippen MR) is 124 cm³/mol. The van der Waals surface area contributed by atoms with Gasteiger partial charge < -0.3 is 15.0 Å². The number of hydrogen-bond acceptors (Lipinski definition) is 4. The Morgan fingerprint density at radius 1 is 1.03 bits per heavy atom. The van der Waals surface area contributed by atoms with Gasteiger partial charge in [-0.3, -0.25) is 14.5 Å². The minimum Gasteiger partial charge on any atom is -0.496 e. The molecule has 1 fully saturated rings. The number of ether oxygens (including phenoxy) is 1. The number of rotatable bonds is 6. The van der Waals surface area contributed by atoms with Crippen LogP contribution in [-0.4, -0.2) is 54.9 Å². The molecule has 0 unspecified atom stereocenters. The molecule has 2 aliphatic rings. The second-order valence-corrected chi connectivity index (χ2v) is 8.92. The molecule has 2 aromatic carbocycles. The van der Waals surface area contributed by atoms with Gasteiger partial charge in [-0.1, -0.05) is 49.4 Å². The van der Waals surface area contributed by atoms with Crippen LogP contribution in [0.25, 0.3) is 0 Å². The number of benzene rings is 2. The van der Waals surface area contributed by atoms with E-state index in [2.05, 4.69) is 18.3 Å². The number of amides is 2. The van der Waals surface area contributed by atoms with Crippen molar-refractivity contribution in [3.63, 3.8) is 0 Å². The van der Waals surface area contributed by atoms with E-state index in [9.17, 15) is 9.59 Å². The quantitative estimate of drug-likeness (QED) is 0.757. The maximum absolute atomic E-state index is 13.6. The van der Waals surface area contributed by atoms with E-state index in [1.165, 1.54) is 5.56 Å². The van der Waals surface area contributed by atoms with Gasteiger partial charge in [-0.2, -0.15) is 0 Å². The number of para-hydroxylation sites is 1. The zero-order valence-electron chi connectivity index (χ0n) is 19.0. The Morgan fingerprint density at radius 3 is 2.53 bits per heavy atom. The van der Waals surface area contributed by atoms with Crippen LogP contribution in [0.3, 0.4) is 0 Å². The highest BCUT2D eigenvalue weighted by molar-refractivity contribution is 5.85. The molecule has 1 atom stereocenters. The van der Waals surface area contributed by atoms with Crippen LogP contribution in [0.15, 0.2) is 48.5 Å². The van der Waals surface area contributed by atoms with Crippen LogP contribution in [0, 0.1) is 5.92 Å². The largest absolute Gasteiger partial charge is 0.496 e. The second-order valence-electron chi connectivity index (χ2n) is 8.92. The fourth-order valence-corrected chi connectivity index (χ4v) is 4.76. The molecule has 4 rings (SSSR count). The van der Waals surface area contributed by atoms with Crippen molar-refractivity contribution in [2.45, 2.75) is 38.8 Å². The monoisotopic (exact) mass is 435 g/mol. The minimum atomic E-state index is -0.398. The first-order valence-electron chi connectivity index (χ1n) is 11.6. The number of carbonyl (C=O) groups is 2. The van der Waals surface area contributed by atoms with E-state index in [1.54, 1.807) is 7.11 Å². The maximum atomic E-state index is 13.6. The molecule has 2 aliphatic heterocycles. The van der Waals surface area contributed by atoms with Crippen LogP contribution < -0.4 is 10.1 Å². The summed E-state index contributed by atoms with van der Waals surface area (Å²) >= 11 is 0. The lowest BCUT2D eigenvalue weighted by molar-refractivity contribution is -0.140. The molecule has 0 saturated carbocycles. The molecule has 6 nitrogen and oxygen atoms in total. The molecule has 1 N–H and O–H groups in total. The van der Waals surface area contributed by atoms with E-state index in [4.69, 9.17) is 4.74 Å². The Bertz CT molecular complexity index is 953. The van der Waals surface area contributed by atoms with E-state index in [0.717, 1.165) is 49.2 Å². The highest BCUT2D eigenvalue weighted by atomic mass is 16.5. The fourth-order valence-electron chi connectivity index (χ4n) is 4.76. The van der Waals surface area contributed by atoms with Gasteiger partial charge in [-0.15, -0.1) is 0 Å². The zero-order chi connectivity index (χ0) is 22.5. The molecular formula is C26H33N3O3. The molecule has 2 aromatic rings. The van der Waals surface area contributed by atoms with Gasteiger partial charge in [0.1, 0.15) is 11.8 Å². The van der Waals surface area contributed by atoms with Crippen LogP contribution >= 0.6 is 0 Å². The first kappa shape index (κ1) is 22.3. The summed E-state index contributed by atoms with van der Waals surface area (Å²) in [5.74, 6) is 1.46. The lowest BCUT2D eigenvalue weighted by Crippen LogP contribution is -2.50. The third-order valence-corrected chi connectivity index (χ3v) is 6.73.